The van der Waals surface area contributed by atoms with Crippen LogP contribution < -0.4 is 25.8 Å². The lowest BCUT2D eigenvalue weighted by Crippen LogP contribution is -2.32. The van der Waals surface area contributed by atoms with Crippen molar-refractivity contribution in [3.63, 3.8) is 0 Å². The summed E-state index contributed by atoms with van der Waals surface area (Å²) in [4.78, 5) is 24.5. The molecule has 1 unspecified atom stereocenters. The second-order valence-electron chi connectivity index (χ2n) is 7.12. The number of nitrogens with two attached hydrogens (primary N) is 1. The second-order valence-corrected chi connectivity index (χ2v) is 7.12. The first-order chi connectivity index (χ1) is 14.6. The number of hydrogen-bond acceptors (Lipinski definition) is 5. The summed E-state index contributed by atoms with van der Waals surface area (Å²) in [5, 5.41) is 5.39. The SMILES string of the molecule is CC/C=C(\C=C(/N)NC(=O)C(C)C)C(=O)NC(C)c1ccc(OCC(F)F)c(OC)c1. The van der Waals surface area contributed by atoms with E-state index in [-0.39, 0.29) is 35.1 Å². The van der Waals surface area contributed by atoms with Crippen molar-refractivity contribution < 1.29 is 27.8 Å². The molecule has 0 fully saturated rings. The summed E-state index contributed by atoms with van der Waals surface area (Å²) in [6, 6.07) is 4.36. The molecule has 0 radical (unpaired) electrons. The third-order valence-corrected chi connectivity index (χ3v) is 4.19. The van der Waals surface area contributed by atoms with E-state index in [1.807, 2.05) is 6.92 Å². The number of methoxy groups -OCH3 is 1. The van der Waals surface area contributed by atoms with Gasteiger partial charge in [0.25, 0.3) is 12.3 Å². The molecule has 9 heteroatoms. The number of hydrogen-bond donors (Lipinski definition) is 3. The maximum Gasteiger partial charge on any atom is 0.272 e. The van der Waals surface area contributed by atoms with Gasteiger partial charge in [-0.25, -0.2) is 8.78 Å². The molecule has 0 aliphatic rings. The number of carbonyl (C=O) groups excluding carboxylic acids is 2. The van der Waals surface area contributed by atoms with E-state index in [2.05, 4.69) is 10.6 Å². The van der Waals surface area contributed by atoms with E-state index >= 15 is 0 Å². The van der Waals surface area contributed by atoms with Crippen molar-refractivity contribution >= 4 is 11.8 Å². The molecule has 31 heavy (non-hydrogen) atoms. The Balaban J connectivity index is 2.94. The normalized spacial score (nSPS) is 13.2. The Labute approximate surface area is 181 Å². The summed E-state index contributed by atoms with van der Waals surface area (Å²) in [5.41, 5.74) is 6.85. The van der Waals surface area contributed by atoms with Gasteiger partial charge in [-0.15, -0.1) is 0 Å². The van der Waals surface area contributed by atoms with Crippen molar-refractivity contribution in [2.24, 2.45) is 11.7 Å². The quantitative estimate of drug-likeness (QED) is 0.362. The van der Waals surface area contributed by atoms with Gasteiger partial charge in [0.1, 0.15) is 12.4 Å². The predicted octanol–water partition coefficient (Wildman–Crippen LogP) is 3.43. The minimum atomic E-state index is -2.60. The number of halogens is 2. The molecule has 172 valence electrons. The van der Waals surface area contributed by atoms with E-state index < -0.39 is 19.1 Å². The number of benzene rings is 1. The van der Waals surface area contributed by atoms with E-state index in [9.17, 15) is 18.4 Å². The largest absolute Gasteiger partial charge is 0.493 e. The Morgan fingerprint density at radius 3 is 2.42 bits per heavy atom. The van der Waals surface area contributed by atoms with Crippen molar-refractivity contribution in [1.29, 1.82) is 0 Å². The molecule has 0 saturated heterocycles. The van der Waals surface area contributed by atoms with Crippen LogP contribution in [-0.2, 0) is 9.59 Å². The van der Waals surface area contributed by atoms with Gasteiger partial charge in [0.15, 0.2) is 11.5 Å². The van der Waals surface area contributed by atoms with Crippen molar-refractivity contribution in [3.05, 3.63) is 47.3 Å². The fourth-order valence-electron chi connectivity index (χ4n) is 2.52. The monoisotopic (exact) mass is 439 g/mol. The first-order valence-electron chi connectivity index (χ1n) is 9.96. The summed E-state index contributed by atoms with van der Waals surface area (Å²) >= 11 is 0. The molecular weight excluding hydrogens is 408 g/mol. The molecule has 1 aromatic carbocycles. The van der Waals surface area contributed by atoms with Gasteiger partial charge in [-0.1, -0.05) is 32.9 Å². The average Bonchev–Trinajstić information content (AvgIpc) is 2.71. The van der Waals surface area contributed by atoms with Crippen molar-refractivity contribution in [2.75, 3.05) is 13.7 Å². The molecule has 0 spiro atoms. The molecule has 1 atom stereocenters. The number of nitrogens with one attached hydrogen (secondary N) is 2. The van der Waals surface area contributed by atoms with E-state index in [0.29, 0.717) is 17.6 Å². The van der Waals surface area contributed by atoms with Crippen molar-refractivity contribution in [2.45, 2.75) is 46.6 Å². The van der Waals surface area contributed by atoms with Crippen LogP contribution in [0.5, 0.6) is 11.5 Å². The fraction of sp³-hybridized carbons (Fsp3) is 0.455. The van der Waals surface area contributed by atoms with Crippen LogP contribution in [0.25, 0.3) is 0 Å². The maximum atomic E-state index is 12.7. The Morgan fingerprint density at radius 2 is 1.87 bits per heavy atom. The lowest BCUT2D eigenvalue weighted by atomic mass is 10.1. The minimum absolute atomic E-state index is 0.0726. The molecule has 0 bridgehead atoms. The van der Waals surface area contributed by atoms with E-state index in [1.54, 1.807) is 39.0 Å². The fourth-order valence-corrected chi connectivity index (χ4v) is 2.52. The maximum absolute atomic E-state index is 12.7. The van der Waals surface area contributed by atoms with Crippen LogP contribution in [0.1, 0.15) is 45.7 Å². The lowest BCUT2D eigenvalue weighted by Gasteiger charge is -2.18. The molecule has 0 aliphatic heterocycles. The predicted molar refractivity (Wildman–Crippen MR) is 115 cm³/mol. The number of carbonyl (C=O) groups is 2. The first-order valence-corrected chi connectivity index (χ1v) is 9.96. The highest BCUT2D eigenvalue weighted by atomic mass is 19.3. The van der Waals surface area contributed by atoms with E-state index in [0.717, 1.165) is 0 Å². The third-order valence-electron chi connectivity index (χ3n) is 4.19. The Morgan fingerprint density at radius 1 is 1.19 bits per heavy atom. The van der Waals surface area contributed by atoms with E-state index in [4.69, 9.17) is 15.2 Å². The van der Waals surface area contributed by atoms with Gasteiger partial charge in [0.05, 0.1) is 13.2 Å². The lowest BCUT2D eigenvalue weighted by molar-refractivity contribution is -0.123. The van der Waals surface area contributed by atoms with Crippen LogP contribution in [-0.4, -0.2) is 32.0 Å². The molecule has 7 nitrogen and oxygen atoms in total. The number of rotatable bonds is 11. The van der Waals surface area contributed by atoms with Gasteiger partial charge in [-0.05, 0) is 37.1 Å². The molecule has 0 aliphatic carbocycles. The number of ether oxygens (including phenoxy) is 2. The van der Waals surface area contributed by atoms with Gasteiger partial charge >= 0.3 is 0 Å². The average molecular weight is 440 g/mol. The van der Waals surface area contributed by atoms with Gasteiger partial charge in [-0.3, -0.25) is 9.59 Å². The molecule has 2 amide bonds. The zero-order valence-corrected chi connectivity index (χ0v) is 18.5. The van der Waals surface area contributed by atoms with Crippen LogP contribution in [0.15, 0.2) is 41.7 Å². The standard InChI is InChI=1S/C22H31F2N3O4/c1-6-7-16(11-20(25)27-21(28)13(2)3)22(29)26-14(4)15-8-9-17(18(10-15)30-5)31-12-19(23)24/h7-11,13-14,19H,6,12,25H2,1-5H3,(H,26,29)(H,27,28)/b16-7+,20-11+. The number of alkyl halides is 2. The molecular formula is C22H31F2N3O4. The van der Waals surface area contributed by atoms with Gasteiger partial charge in [0.2, 0.25) is 5.91 Å². The Kier molecular flexibility index (Phi) is 10.5. The van der Waals surface area contributed by atoms with Gasteiger partial charge < -0.3 is 25.8 Å². The molecule has 4 N–H and O–H groups in total. The summed E-state index contributed by atoms with van der Waals surface area (Å²) in [7, 11) is 1.40. The smallest absolute Gasteiger partial charge is 0.272 e. The molecule has 1 aromatic rings. The van der Waals surface area contributed by atoms with Crippen LogP contribution in [0.2, 0.25) is 0 Å². The number of amides is 2. The van der Waals surface area contributed by atoms with Crippen LogP contribution in [0.4, 0.5) is 8.78 Å². The van der Waals surface area contributed by atoms with Gasteiger partial charge in [0, 0.05) is 11.5 Å². The summed E-state index contributed by atoms with van der Waals surface area (Å²) in [6.45, 7) is 6.37. The topological polar surface area (TPSA) is 103 Å². The van der Waals surface area contributed by atoms with Gasteiger partial charge in [-0.2, -0.15) is 0 Å². The van der Waals surface area contributed by atoms with Crippen LogP contribution in [0.3, 0.4) is 0 Å². The van der Waals surface area contributed by atoms with Crippen LogP contribution >= 0.6 is 0 Å². The summed E-state index contributed by atoms with van der Waals surface area (Å²) in [5.74, 6) is -0.338. The van der Waals surface area contributed by atoms with Crippen LogP contribution in [0, 0.1) is 5.92 Å². The van der Waals surface area contributed by atoms with Crippen molar-refractivity contribution in [1.82, 2.24) is 10.6 Å². The van der Waals surface area contributed by atoms with Crippen molar-refractivity contribution in [3.8, 4) is 11.5 Å². The van der Waals surface area contributed by atoms with E-state index in [1.165, 1.54) is 19.3 Å². The third kappa shape index (κ3) is 8.65. The Bertz CT molecular complexity index is 823. The molecule has 0 saturated carbocycles. The second kappa shape index (κ2) is 12.6. The highest BCUT2D eigenvalue weighted by Crippen LogP contribution is 2.30. The molecule has 1 rings (SSSR count). The highest BCUT2D eigenvalue weighted by Gasteiger charge is 2.16. The zero-order valence-electron chi connectivity index (χ0n) is 18.5. The zero-order chi connectivity index (χ0) is 23.6. The molecule has 0 heterocycles. The first kappa shape index (κ1) is 25.9. The summed E-state index contributed by atoms with van der Waals surface area (Å²) < 4.78 is 35.0. The summed E-state index contributed by atoms with van der Waals surface area (Å²) in [6.07, 6.45) is 1.09. The molecule has 0 aromatic heterocycles. The minimum Gasteiger partial charge on any atom is -0.493 e. The highest BCUT2D eigenvalue weighted by molar-refractivity contribution is 5.96. The number of allylic oxidation sites excluding steroid dienone is 1. The Hall–Kier alpha value is -3.10.